The summed E-state index contributed by atoms with van der Waals surface area (Å²) >= 11 is 0. The van der Waals surface area contributed by atoms with Crippen LogP contribution in [0.5, 0.6) is 0 Å². The molecule has 0 bridgehead atoms. The van der Waals surface area contributed by atoms with Crippen LogP contribution in [0.3, 0.4) is 0 Å². The van der Waals surface area contributed by atoms with E-state index < -0.39 is 0 Å². The van der Waals surface area contributed by atoms with Crippen molar-refractivity contribution in [3.8, 4) is 0 Å². The zero-order chi connectivity index (χ0) is 14.7. The van der Waals surface area contributed by atoms with Crippen molar-refractivity contribution in [2.75, 3.05) is 46.3 Å². The average molecular weight is 282 g/mol. The van der Waals surface area contributed by atoms with Gasteiger partial charge < -0.3 is 9.80 Å². The largest absolute Gasteiger partial charge is 0.339 e. The van der Waals surface area contributed by atoms with Gasteiger partial charge in [-0.05, 0) is 13.5 Å². The molecular weight excluding hydrogens is 260 g/mol. The molecular formula is C13H22N4O3. The number of likely N-dealkylation sites (N-methyl/N-ethyl adjacent to an activating group) is 1. The first-order valence-corrected chi connectivity index (χ1v) is 7.06. The number of nitrogens with zero attached hydrogens (tertiary/aromatic N) is 3. The number of carbonyl (C=O) groups excluding carboxylic acids is 3. The van der Waals surface area contributed by atoms with Crippen LogP contribution in [0.25, 0.3) is 0 Å². The first-order chi connectivity index (χ1) is 9.52. The van der Waals surface area contributed by atoms with E-state index in [9.17, 15) is 14.4 Å². The lowest BCUT2D eigenvalue weighted by Crippen LogP contribution is -2.60. The van der Waals surface area contributed by atoms with Gasteiger partial charge in [-0.15, -0.1) is 0 Å². The van der Waals surface area contributed by atoms with Gasteiger partial charge in [-0.1, -0.05) is 6.92 Å². The molecule has 0 aromatic carbocycles. The molecule has 3 amide bonds. The minimum atomic E-state index is -0.354. The molecule has 2 aliphatic heterocycles. The van der Waals surface area contributed by atoms with Crippen LogP contribution in [0.1, 0.15) is 13.3 Å². The third-order valence-electron chi connectivity index (χ3n) is 3.92. The quantitative estimate of drug-likeness (QED) is 0.638. The highest BCUT2D eigenvalue weighted by Crippen LogP contribution is 2.08. The third-order valence-corrected chi connectivity index (χ3v) is 3.92. The number of amides is 3. The molecule has 0 aliphatic carbocycles. The smallest absolute Gasteiger partial charge is 0.246 e. The third kappa shape index (κ3) is 3.16. The minimum Gasteiger partial charge on any atom is -0.339 e. The van der Waals surface area contributed by atoms with E-state index in [-0.39, 0.29) is 36.9 Å². The Hall–Kier alpha value is -1.47. The van der Waals surface area contributed by atoms with Gasteiger partial charge in [0.15, 0.2) is 0 Å². The van der Waals surface area contributed by atoms with Crippen LogP contribution in [-0.4, -0.2) is 84.8 Å². The molecule has 0 spiro atoms. The molecule has 0 radical (unpaired) electrons. The molecule has 2 aliphatic rings. The molecule has 1 atom stereocenters. The van der Waals surface area contributed by atoms with Crippen molar-refractivity contribution >= 4 is 17.7 Å². The normalized spacial score (nSPS) is 25.2. The van der Waals surface area contributed by atoms with Crippen molar-refractivity contribution in [1.29, 1.82) is 0 Å². The number of carbonyl (C=O) groups is 3. The predicted octanol–water partition coefficient (Wildman–Crippen LogP) is -1.50. The van der Waals surface area contributed by atoms with Gasteiger partial charge in [0.2, 0.25) is 17.7 Å². The number of hydrogen-bond donors (Lipinski definition) is 1. The molecule has 7 heteroatoms. The lowest BCUT2D eigenvalue weighted by atomic mass is 10.1. The number of piperazine rings is 2. The number of rotatable bonds is 3. The SMILES string of the molecule is CCC1NCC(=O)N(CC(=O)N2CCN(C)CC2)C1=O. The first kappa shape index (κ1) is 14.9. The van der Waals surface area contributed by atoms with Crippen LogP contribution in [0.4, 0.5) is 0 Å². The summed E-state index contributed by atoms with van der Waals surface area (Å²) in [5.41, 5.74) is 0. The summed E-state index contributed by atoms with van der Waals surface area (Å²) in [5, 5.41) is 2.88. The fourth-order valence-electron chi connectivity index (χ4n) is 2.48. The van der Waals surface area contributed by atoms with Crippen molar-refractivity contribution in [2.24, 2.45) is 0 Å². The molecule has 0 saturated carbocycles. The highest BCUT2D eigenvalue weighted by Gasteiger charge is 2.35. The van der Waals surface area contributed by atoms with Crippen LogP contribution in [0.2, 0.25) is 0 Å². The van der Waals surface area contributed by atoms with E-state index >= 15 is 0 Å². The molecule has 0 aromatic rings. The molecule has 7 nitrogen and oxygen atoms in total. The van der Waals surface area contributed by atoms with E-state index in [4.69, 9.17) is 0 Å². The van der Waals surface area contributed by atoms with Crippen LogP contribution in [-0.2, 0) is 14.4 Å². The molecule has 1 N–H and O–H groups in total. The molecule has 20 heavy (non-hydrogen) atoms. The van der Waals surface area contributed by atoms with Crippen molar-refractivity contribution < 1.29 is 14.4 Å². The van der Waals surface area contributed by atoms with E-state index in [0.29, 0.717) is 19.5 Å². The van der Waals surface area contributed by atoms with Gasteiger partial charge >= 0.3 is 0 Å². The van der Waals surface area contributed by atoms with E-state index in [0.717, 1.165) is 18.0 Å². The standard InChI is InChI=1S/C13H22N4O3/c1-3-10-13(20)17(11(18)8-14-10)9-12(19)16-6-4-15(2)5-7-16/h10,14H,3-9H2,1-2H3. The second-order valence-electron chi connectivity index (χ2n) is 5.34. The maximum atomic E-state index is 12.2. The van der Waals surface area contributed by atoms with Crippen molar-refractivity contribution in [3.05, 3.63) is 0 Å². The molecule has 2 fully saturated rings. The Bertz CT molecular complexity index is 404. The lowest BCUT2D eigenvalue weighted by Gasteiger charge is -2.35. The molecule has 1 unspecified atom stereocenters. The second kappa shape index (κ2) is 6.32. The van der Waals surface area contributed by atoms with E-state index in [2.05, 4.69) is 10.2 Å². The lowest BCUT2D eigenvalue weighted by molar-refractivity contribution is -0.154. The topological polar surface area (TPSA) is 73.0 Å². The molecule has 0 aromatic heterocycles. The maximum absolute atomic E-state index is 12.2. The number of hydrogen-bond acceptors (Lipinski definition) is 5. The number of nitrogens with one attached hydrogen (secondary N) is 1. The Labute approximate surface area is 118 Å². The Kier molecular flexibility index (Phi) is 4.72. The predicted molar refractivity (Wildman–Crippen MR) is 72.9 cm³/mol. The monoisotopic (exact) mass is 282 g/mol. The average Bonchev–Trinajstić information content (AvgIpc) is 2.44. The molecule has 112 valence electrons. The first-order valence-electron chi connectivity index (χ1n) is 7.06. The Morgan fingerprint density at radius 1 is 1.25 bits per heavy atom. The second-order valence-corrected chi connectivity index (χ2v) is 5.34. The summed E-state index contributed by atoms with van der Waals surface area (Å²) in [6.07, 6.45) is 0.616. The minimum absolute atomic E-state index is 0.125. The summed E-state index contributed by atoms with van der Waals surface area (Å²) in [4.78, 5) is 41.1. The highest BCUT2D eigenvalue weighted by molar-refractivity contribution is 6.03. The molecule has 2 saturated heterocycles. The van der Waals surface area contributed by atoms with Gasteiger partial charge in [-0.25, -0.2) is 0 Å². The summed E-state index contributed by atoms with van der Waals surface area (Å²) in [5.74, 6) is -0.745. The van der Waals surface area contributed by atoms with Crippen molar-refractivity contribution in [3.63, 3.8) is 0 Å². The van der Waals surface area contributed by atoms with Crippen LogP contribution in [0.15, 0.2) is 0 Å². The maximum Gasteiger partial charge on any atom is 0.246 e. The van der Waals surface area contributed by atoms with Crippen LogP contribution < -0.4 is 5.32 Å². The van der Waals surface area contributed by atoms with Gasteiger partial charge in [-0.3, -0.25) is 24.6 Å². The fourth-order valence-corrected chi connectivity index (χ4v) is 2.48. The van der Waals surface area contributed by atoms with Gasteiger partial charge in [0.05, 0.1) is 12.6 Å². The zero-order valence-corrected chi connectivity index (χ0v) is 12.1. The van der Waals surface area contributed by atoms with E-state index in [1.165, 1.54) is 0 Å². The Morgan fingerprint density at radius 2 is 1.90 bits per heavy atom. The Balaban J connectivity index is 1.95. The fraction of sp³-hybridized carbons (Fsp3) is 0.769. The van der Waals surface area contributed by atoms with Crippen molar-refractivity contribution in [2.45, 2.75) is 19.4 Å². The van der Waals surface area contributed by atoms with Gasteiger partial charge in [0, 0.05) is 26.2 Å². The van der Waals surface area contributed by atoms with Gasteiger partial charge in [0.1, 0.15) is 6.54 Å². The molecule has 2 rings (SSSR count). The summed E-state index contributed by atoms with van der Waals surface area (Å²) in [7, 11) is 2.01. The number of imide groups is 1. The Morgan fingerprint density at radius 3 is 2.50 bits per heavy atom. The highest BCUT2D eigenvalue weighted by atomic mass is 16.2. The van der Waals surface area contributed by atoms with Gasteiger partial charge in [-0.2, -0.15) is 0 Å². The summed E-state index contributed by atoms with van der Waals surface area (Å²) < 4.78 is 0. The summed E-state index contributed by atoms with van der Waals surface area (Å²) in [6, 6.07) is -0.354. The van der Waals surface area contributed by atoms with E-state index in [1.54, 1.807) is 4.90 Å². The molecule has 2 heterocycles. The summed E-state index contributed by atoms with van der Waals surface area (Å²) in [6.45, 7) is 4.84. The van der Waals surface area contributed by atoms with Gasteiger partial charge in [0.25, 0.3) is 0 Å². The van der Waals surface area contributed by atoms with Crippen LogP contribution >= 0.6 is 0 Å². The van der Waals surface area contributed by atoms with Crippen LogP contribution in [0, 0.1) is 0 Å². The van der Waals surface area contributed by atoms with E-state index in [1.807, 2.05) is 14.0 Å². The zero-order valence-electron chi connectivity index (χ0n) is 12.1. The van der Waals surface area contributed by atoms with Crippen molar-refractivity contribution in [1.82, 2.24) is 20.0 Å².